The van der Waals surface area contributed by atoms with Gasteiger partial charge in [-0.1, -0.05) is 41.9 Å². The molecule has 2 aromatic rings. The van der Waals surface area contributed by atoms with E-state index in [1.165, 1.54) is 5.56 Å². The van der Waals surface area contributed by atoms with Gasteiger partial charge in [0, 0.05) is 25.6 Å². The van der Waals surface area contributed by atoms with Crippen molar-refractivity contribution in [2.45, 2.75) is 12.5 Å². The van der Waals surface area contributed by atoms with Gasteiger partial charge in [-0.3, -0.25) is 4.90 Å². The minimum atomic E-state index is 0. The lowest BCUT2D eigenvalue weighted by Gasteiger charge is -2.18. The number of rotatable bonds is 6. The highest BCUT2D eigenvalue weighted by Crippen LogP contribution is 2.38. The van der Waals surface area contributed by atoms with Crippen molar-refractivity contribution >= 4 is 24.0 Å². The van der Waals surface area contributed by atoms with Crippen molar-refractivity contribution in [3.63, 3.8) is 0 Å². The molecule has 142 valence electrons. The fourth-order valence-electron chi connectivity index (χ4n) is 3.73. The highest BCUT2D eigenvalue weighted by atomic mass is 35.5. The summed E-state index contributed by atoms with van der Waals surface area (Å²) in [4.78, 5) is 2.44. The molecule has 1 fully saturated rings. The Morgan fingerprint density at radius 1 is 1.12 bits per heavy atom. The summed E-state index contributed by atoms with van der Waals surface area (Å²) in [6.07, 6.45) is 0. The maximum atomic E-state index is 6.34. The van der Waals surface area contributed by atoms with Crippen LogP contribution in [0.2, 0.25) is 5.02 Å². The normalized spacial score (nSPS) is 19.8. The van der Waals surface area contributed by atoms with Crippen LogP contribution in [0.15, 0.2) is 42.5 Å². The Balaban J connectivity index is 0.00000243. The molecule has 0 aliphatic carbocycles. The second-order valence-corrected chi connectivity index (χ2v) is 6.93. The first-order valence-electron chi connectivity index (χ1n) is 8.54. The van der Waals surface area contributed by atoms with Crippen LogP contribution in [0, 0.1) is 5.92 Å². The van der Waals surface area contributed by atoms with E-state index in [0.29, 0.717) is 34.9 Å². The van der Waals surface area contributed by atoms with E-state index in [1.54, 1.807) is 14.2 Å². The van der Waals surface area contributed by atoms with Gasteiger partial charge in [-0.15, -0.1) is 12.4 Å². The molecule has 1 aliphatic rings. The summed E-state index contributed by atoms with van der Waals surface area (Å²) in [7, 11) is 3.23. The average molecular weight is 397 g/mol. The third-order valence-corrected chi connectivity index (χ3v) is 5.23. The van der Waals surface area contributed by atoms with Gasteiger partial charge in [0.2, 0.25) is 0 Å². The van der Waals surface area contributed by atoms with Gasteiger partial charge >= 0.3 is 0 Å². The number of ether oxygens (including phenoxy) is 2. The molecule has 1 aliphatic heterocycles. The highest BCUT2D eigenvalue weighted by Gasteiger charge is 2.32. The summed E-state index contributed by atoms with van der Waals surface area (Å²) in [5, 5.41) is 0.575. The van der Waals surface area contributed by atoms with Crippen LogP contribution in [0.1, 0.15) is 17.0 Å². The summed E-state index contributed by atoms with van der Waals surface area (Å²) in [6.45, 7) is 3.50. The summed E-state index contributed by atoms with van der Waals surface area (Å²) in [5.74, 6) is 2.19. The van der Waals surface area contributed by atoms with Gasteiger partial charge in [0.05, 0.1) is 19.2 Å². The van der Waals surface area contributed by atoms with E-state index in [0.717, 1.165) is 25.2 Å². The topological polar surface area (TPSA) is 47.7 Å². The van der Waals surface area contributed by atoms with E-state index in [-0.39, 0.29) is 12.4 Å². The molecule has 0 aromatic heterocycles. The zero-order valence-electron chi connectivity index (χ0n) is 15.2. The zero-order valence-corrected chi connectivity index (χ0v) is 16.7. The van der Waals surface area contributed by atoms with Crippen molar-refractivity contribution in [3.8, 4) is 11.5 Å². The van der Waals surface area contributed by atoms with Crippen molar-refractivity contribution < 1.29 is 9.47 Å². The van der Waals surface area contributed by atoms with Crippen LogP contribution in [0.4, 0.5) is 0 Å². The summed E-state index contributed by atoms with van der Waals surface area (Å²) < 4.78 is 10.7. The fourth-order valence-corrected chi connectivity index (χ4v) is 4.04. The molecule has 2 N–H and O–H groups in total. The number of hydrogen-bond donors (Lipinski definition) is 1. The molecule has 0 amide bonds. The Kier molecular flexibility index (Phi) is 7.59. The molecule has 1 saturated heterocycles. The Hall–Kier alpha value is -1.46. The maximum Gasteiger partial charge on any atom is 0.179 e. The first-order valence-corrected chi connectivity index (χ1v) is 8.91. The van der Waals surface area contributed by atoms with Gasteiger partial charge < -0.3 is 15.2 Å². The second kappa shape index (κ2) is 9.47. The van der Waals surface area contributed by atoms with Gasteiger partial charge in [0.15, 0.2) is 11.5 Å². The van der Waals surface area contributed by atoms with E-state index in [1.807, 2.05) is 12.1 Å². The summed E-state index contributed by atoms with van der Waals surface area (Å²) in [6, 6.07) is 14.6. The Bertz CT molecular complexity index is 712. The van der Waals surface area contributed by atoms with E-state index < -0.39 is 0 Å². The minimum Gasteiger partial charge on any atom is -0.493 e. The number of nitrogens with two attached hydrogens (primary N) is 1. The lowest BCUT2D eigenvalue weighted by molar-refractivity contribution is 0.314. The van der Waals surface area contributed by atoms with Gasteiger partial charge in [-0.25, -0.2) is 0 Å². The lowest BCUT2D eigenvalue weighted by Crippen LogP contribution is -2.23. The molecule has 2 aromatic carbocycles. The molecule has 26 heavy (non-hydrogen) atoms. The van der Waals surface area contributed by atoms with Crippen molar-refractivity contribution in [2.24, 2.45) is 11.7 Å². The number of hydrogen-bond acceptors (Lipinski definition) is 4. The third kappa shape index (κ3) is 4.44. The predicted octanol–water partition coefficient (Wildman–Crippen LogP) is 3.95. The molecular formula is C20H26Cl2N2O2. The zero-order chi connectivity index (χ0) is 17.8. The van der Waals surface area contributed by atoms with Crippen LogP contribution >= 0.6 is 24.0 Å². The minimum absolute atomic E-state index is 0. The highest BCUT2D eigenvalue weighted by molar-refractivity contribution is 6.32. The monoisotopic (exact) mass is 396 g/mol. The second-order valence-electron chi connectivity index (χ2n) is 6.52. The molecule has 0 radical (unpaired) electrons. The SMILES string of the molecule is COc1cc(CN2C[C@@H](CN)[C@H](c3ccccc3)C2)cc(Cl)c1OC.Cl. The smallest absolute Gasteiger partial charge is 0.179 e. The van der Waals surface area contributed by atoms with Crippen LogP contribution in [0.3, 0.4) is 0 Å². The molecule has 4 nitrogen and oxygen atoms in total. The van der Waals surface area contributed by atoms with Crippen LogP contribution in [0.25, 0.3) is 0 Å². The molecule has 2 atom stereocenters. The van der Waals surface area contributed by atoms with Crippen LogP contribution in [0.5, 0.6) is 11.5 Å². The van der Waals surface area contributed by atoms with Gasteiger partial charge in [-0.05, 0) is 35.7 Å². The number of halogens is 2. The van der Waals surface area contributed by atoms with E-state index in [9.17, 15) is 0 Å². The Morgan fingerprint density at radius 3 is 2.46 bits per heavy atom. The molecule has 6 heteroatoms. The van der Waals surface area contributed by atoms with Crippen LogP contribution in [-0.2, 0) is 6.54 Å². The van der Waals surface area contributed by atoms with Gasteiger partial charge in [-0.2, -0.15) is 0 Å². The number of benzene rings is 2. The fraction of sp³-hybridized carbons (Fsp3) is 0.400. The average Bonchev–Trinajstić information content (AvgIpc) is 3.04. The quantitative estimate of drug-likeness (QED) is 0.802. The van der Waals surface area contributed by atoms with E-state index in [2.05, 4.69) is 35.2 Å². The van der Waals surface area contributed by atoms with Gasteiger partial charge in [0.1, 0.15) is 0 Å². The lowest BCUT2D eigenvalue weighted by atomic mass is 9.89. The number of methoxy groups -OCH3 is 2. The molecular weight excluding hydrogens is 371 g/mol. The van der Waals surface area contributed by atoms with Crippen molar-refractivity contribution in [2.75, 3.05) is 33.9 Å². The van der Waals surface area contributed by atoms with Crippen LogP contribution in [-0.4, -0.2) is 38.8 Å². The van der Waals surface area contributed by atoms with E-state index in [4.69, 9.17) is 26.8 Å². The molecule has 0 unspecified atom stereocenters. The summed E-state index contributed by atoms with van der Waals surface area (Å²) in [5.41, 5.74) is 8.52. The molecule has 0 saturated carbocycles. The Morgan fingerprint density at radius 2 is 1.85 bits per heavy atom. The molecule has 0 spiro atoms. The Labute approximate surface area is 166 Å². The molecule has 3 rings (SSSR count). The standard InChI is InChI=1S/C20H25ClN2O2.ClH/c1-24-19-9-14(8-18(21)20(19)25-2)11-23-12-16(10-22)17(13-23)15-6-4-3-5-7-15;/h3-9,16-17H,10-13,22H2,1-2H3;1H/t16-,17+;/m1./s1. The maximum absolute atomic E-state index is 6.34. The largest absolute Gasteiger partial charge is 0.493 e. The molecule has 1 heterocycles. The first kappa shape index (κ1) is 20.8. The summed E-state index contributed by atoms with van der Waals surface area (Å²) >= 11 is 6.34. The van der Waals surface area contributed by atoms with Crippen LogP contribution < -0.4 is 15.2 Å². The predicted molar refractivity (Wildman–Crippen MR) is 109 cm³/mol. The van der Waals surface area contributed by atoms with E-state index >= 15 is 0 Å². The third-order valence-electron chi connectivity index (χ3n) is 4.95. The number of likely N-dealkylation sites (tertiary alicyclic amines) is 1. The van der Waals surface area contributed by atoms with Crippen molar-refractivity contribution in [1.82, 2.24) is 4.90 Å². The number of nitrogens with zero attached hydrogens (tertiary/aromatic N) is 1. The van der Waals surface area contributed by atoms with Crippen molar-refractivity contribution in [1.29, 1.82) is 0 Å². The van der Waals surface area contributed by atoms with Crippen molar-refractivity contribution in [3.05, 3.63) is 58.6 Å². The van der Waals surface area contributed by atoms with Gasteiger partial charge in [0.25, 0.3) is 0 Å². The first-order chi connectivity index (χ1) is 12.2. The molecule has 0 bridgehead atoms.